The summed E-state index contributed by atoms with van der Waals surface area (Å²) in [5.41, 5.74) is 2.11. The van der Waals surface area contributed by atoms with Crippen molar-refractivity contribution < 1.29 is 9.21 Å². The summed E-state index contributed by atoms with van der Waals surface area (Å²) in [6.07, 6.45) is 4.12. The minimum atomic E-state index is -0.0158. The molecule has 0 N–H and O–H groups in total. The second-order valence-corrected chi connectivity index (χ2v) is 7.44. The molecule has 2 aliphatic rings. The van der Waals surface area contributed by atoms with Gasteiger partial charge in [-0.3, -0.25) is 9.69 Å². The van der Waals surface area contributed by atoms with Crippen molar-refractivity contribution in [3.63, 3.8) is 0 Å². The molecule has 0 bridgehead atoms. The fourth-order valence-corrected chi connectivity index (χ4v) is 3.86. The van der Waals surface area contributed by atoms with Crippen LogP contribution in [0.1, 0.15) is 40.4 Å². The molecule has 144 valence electrons. The number of hydrogen-bond donors (Lipinski definition) is 0. The molecule has 0 atom stereocenters. The summed E-state index contributed by atoms with van der Waals surface area (Å²) in [6, 6.07) is 3.76. The Balaban J connectivity index is 1.36. The van der Waals surface area contributed by atoms with Crippen LogP contribution in [-0.4, -0.2) is 64.9 Å². The first kappa shape index (κ1) is 18.0. The minimum Gasteiger partial charge on any atom is -0.455 e. The summed E-state index contributed by atoms with van der Waals surface area (Å²) in [6.45, 7) is 9.96. The number of aryl methyl sites for hydroxylation is 1. The summed E-state index contributed by atoms with van der Waals surface area (Å²) in [5.74, 6) is 2.29. The lowest BCUT2D eigenvalue weighted by atomic mass is 10.2. The van der Waals surface area contributed by atoms with Crippen molar-refractivity contribution in [2.75, 3.05) is 44.2 Å². The van der Waals surface area contributed by atoms with Crippen LogP contribution in [0.5, 0.6) is 0 Å². The number of aromatic nitrogens is 2. The van der Waals surface area contributed by atoms with Gasteiger partial charge < -0.3 is 14.2 Å². The van der Waals surface area contributed by atoms with Crippen molar-refractivity contribution in [1.29, 1.82) is 0 Å². The number of furan rings is 1. The number of likely N-dealkylation sites (tertiary alicyclic amines) is 1. The standard InChI is InChI=1S/C20H27N5O2/c1-15-16(2)21-14-22-19(15)24-9-11-25(12-10-24)20(26)18-6-5-17(27-18)13-23-7-3-4-8-23/h5-6,14H,3-4,7-13H2,1-2H3. The van der Waals surface area contributed by atoms with Crippen LogP contribution in [0.4, 0.5) is 5.82 Å². The second-order valence-electron chi connectivity index (χ2n) is 7.44. The first-order valence-electron chi connectivity index (χ1n) is 9.75. The lowest BCUT2D eigenvalue weighted by Crippen LogP contribution is -2.49. The molecule has 4 heterocycles. The van der Waals surface area contributed by atoms with Gasteiger partial charge in [0, 0.05) is 37.4 Å². The van der Waals surface area contributed by atoms with Gasteiger partial charge in [0.15, 0.2) is 5.76 Å². The fraction of sp³-hybridized carbons (Fsp3) is 0.550. The third-order valence-corrected chi connectivity index (χ3v) is 5.63. The molecule has 2 aromatic heterocycles. The Labute approximate surface area is 160 Å². The quantitative estimate of drug-likeness (QED) is 0.824. The molecule has 0 saturated carbocycles. The van der Waals surface area contributed by atoms with E-state index in [-0.39, 0.29) is 5.91 Å². The molecule has 27 heavy (non-hydrogen) atoms. The van der Waals surface area contributed by atoms with E-state index in [1.165, 1.54) is 12.8 Å². The summed E-state index contributed by atoms with van der Waals surface area (Å²) >= 11 is 0. The van der Waals surface area contributed by atoms with Gasteiger partial charge in [-0.25, -0.2) is 9.97 Å². The number of carbonyl (C=O) groups is 1. The summed E-state index contributed by atoms with van der Waals surface area (Å²) < 4.78 is 5.84. The lowest BCUT2D eigenvalue weighted by Gasteiger charge is -2.35. The molecule has 0 radical (unpaired) electrons. The highest BCUT2D eigenvalue weighted by Crippen LogP contribution is 2.21. The van der Waals surface area contributed by atoms with E-state index in [4.69, 9.17) is 4.42 Å². The second kappa shape index (κ2) is 7.68. The van der Waals surface area contributed by atoms with Crippen LogP contribution in [0.2, 0.25) is 0 Å². The highest BCUT2D eigenvalue weighted by molar-refractivity contribution is 5.91. The van der Waals surface area contributed by atoms with Crippen molar-refractivity contribution in [1.82, 2.24) is 19.8 Å². The van der Waals surface area contributed by atoms with Crippen LogP contribution in [0.3, 0.4) is 0 Å². The van der Waals surface area contributed by atoms with Gasteiger partial charge >= 0.3 is 0 Å². The van der Waals surface area contributed by atoms with E-state index in [2.05, 4.69) is 19.8 Å². The summed E-state index contributed by atoms with van der Waals surface area (Å²) in [5, 5.41) is 0. The zero-order valence-electron chi connectivity index (χ0n) is 16.1. The van der Waals surface area contributed by atoms with E-state index >= 15 is 0 Å². The molecule has 0 spiro atoms. The maximum Gasteiger partial charge on any atom is 0.289 e. The first-order chi connectivity index (χ1) is 13.1. The molecule has 2 aromatic rings. The molecule has 2 aliphatic heterocycles. The largest absolute Gasteiger partial charge is 0.455 e. The number of carbonyl (C=O) groups excluding carboxylic acids is 1. The maximum absolute atomic E-state index is 12.8. The van der Waals surface area contributed by atoms with Gasteiger partial charge in [-0.15, -0.1) is 0 Å². The maximum atomic E-state index is 12.8. The zero-order chi connectivity index (χ0) is 18.8. The molecule has 4 rings (SSSR count). The Bertz CT molecular complexity index is 804. The predicted octanol–water partition coefficient (Wildman–Crippen LogP) is 2.24. The van der Waals surface area contributed by atoms with Crippen molar-refractivity contribution in [3.05, 3.63) is 41.2 Å². The average Bonchev–Trinajstić information content (AvgIpc) is 3.36. The van der Waals surface area contributed by atoms with Gasteiger partial charge in [0.2, 0.25) is 0 Å². The Morgan fingerprint density at radius 1 is 1.04 bits per heavy atom. The molecule has 2 fully saturated rings. The van der Waals surface area contributed by atoms with Gasteiger partial charge in [0.1, 0.15) is 17.9 Å². The number of hydrogen-bond acceptors (Lipinski definition) is 6. The van der Waals surface area contributed by atoms with E-state index in [9.17, 15) is 4.79 Å². The summed E-state index contributed by atoms with van der Waals surface area (Å²) in [7, 11) is 0. The smallest absolute Gasteiger partial charge is 0.289 e. The number of anilines is 1. The predicted molar refractivity (Wildman–Crippen MR) is 103 cm³/mol. The number of amides is 1. The van der Waals surface area contributed by atoms with Gasteiger partial charge in [0.05, 0.1) is 6.54 Å². The molecule has 0 aromatic carbocycles. The molecular formula is C20H27N5O2. The van der Waals surface area contributed by atoms with Crippen LogP contribution >= 0.6 is 0 Å². The first-order valence-corrected chi connectivity index (χ1v) is 9.75. The molecular weight excluding hydrogens is 342 g/mol. The monoisotopic (exact) mass is 369 g/mol. The van der Waals surface area contributed by atoms with Gasteiger partial charge in [0.25, 0.3) is 5.91 Å². The number of nitrogens with zero attached hydrogens (tertiary/aromatic N) is 5. The Hall–Kier alpha value is -2.41. The zero-order valence-corrected chi connectivity index (χ0v) is 16.1. The molecule has 0 aliphatic carbocycles. The molecule has 0 unspecified atom stereocenters. The molecule has 2 saturated heterocycles. The molecule has 7 nitrogen and oxygen atoms in total. The van der Waals surface area contributed by atoms with Crippen molar-refractivity contribution in [3.8, 4) is 0 Å². The van der Waals surface area contributed by atoms with Crippen molar-refractivity contribution >= 4 is 11.7 Å². The normalized spacial score (nSPS) is 18.3. The highest BCUT2D eigenvalue weighted by atomic mass is 16.4. The van der Waals surface area contributed by atoms with Crippen molar-refractivity contribution in [2.45, 2.75) is 33.2 Å². The SMILES string of the molecule is Cc1ncnc(N2CCN(C(=O)c3ccc(CN4CCCC4)o3)CC2)c1C. The van der Waals surface area contributed by atoms with E-state index < -0.39 is 0 Å². The third kappa shape index (κ3) is 3.83. The lowest BCUT2D eigenvalue weighted by molar-refractivity contribution is 0.0711. The summed E-state index contributed by atoms with van der Waals surface area (Å²) in [4.78, 5) is 27.9. The van der Waals surface area contributed by atoms with E-state index in [1.54, 1.807) is 6.33 Å². The molecule has 1 amide bonds. The Morgan fingerprint density at radius 3 is 2.52 bits per heavy atom. The van der Waals surface area contributed by atoms with Crippen LogP contribution in [-0.2, 0) is 6.54 Å². The van der Waals surface area contributed by atoms with E-state index in [0.29, 0.717) is 18.8 Å². The van der Waals surface area contributed by atoms with Gasteiger partial charge in [-0.2, -0.15) is 0 Å². The van der Waals surface area contributed by atoms with Gasteiger partial charge in [-0.05, 0) is 51.9 Å². The third-order valence-electron chi connectivity index (χ3n) is 5.63. The topological polar surface area (TPSA) is 65.7 Å². The Kier molecular flexibility index (Phi) is 5.11. The fourth-order valence-electron chi connectivity index (χ4n) is 3.86. The molecule has 7 heteroatoms. The van der Waals surface area contributed by atoms with Crippen LogP contribution in [0.15, 0.2) is 22.9 Å². The average molecular weight is 369 g/mol. The van der Waals surface area contributed by atoms with Crippen LogP contribution in [0, 0.1) is 13.8 Å². The number of piperazine rings is 1. The van der Waals surface area contributed by atoms with E-state index in [1.807, 2.05) is 30.9 Å². The highest BCUT2D eigenvalue weighted by Gasteiger charge is 2.26. The minimum absolute atomic E-state index is 0.0158. The van der Waals surface area contributed by atoms with Crippen LogP contribution < -0.4 is 4.90 Å². The van der Waals surface area contributed by atoms with Crippen molar-refractivity contribution in [2.24, 2.45) is 0 Å². The van der Waals surface area contributed by atoms with Gasteiger partial charge in [-0.1, -0.05) is 0 Å². The van der Waals surface area contributed by atoms with E-state index in [0.717, 1.165) is 55.6 Å². The van der Waals surface area contributed by atoms with Crippen LogP contribution in [0.25, 0.3) is 0 Å². The Morgan fingerprint density at radius 2 is 1.78 bits per heavy atom. The number of rotatable bonds is 4.